The Morgan fingerprint density at radius 3 is 2.50 bits per heavy atom. The van der Waals surface area contributed by atoms with E-state index in [2.05, 4.69) is 5.32 Å². The van der Waals surface area contributed by atoms with Crippen LogP contribution in [0.1, 0.15) is 21.5 Å². The van der Waals surface area contributed by atoms with Crippen molar-refractivity contribution in [1.29, 1.82) is 5.26 Å². The summed E-state index contributed by atoms with van der Waals surface area (Å²) in [5.41, 5.74) is 2.31. The predicted octanol–water partition coefficient (Wildman–Crippen LogP) is 4.20. The lowest BCUT2D eigenvalue weighted by Crippen LogP contribution is -2.11. The first kappa shape index (κ1) is 14.4. The molecule has 2 aromatic rings. The molecule has 100 valence electrons. The largest absolute Gasteiger partial charge is 0.322 e. The molecular weight excluding hydrogens is 295 g/mol. The van der Waals surface area contributed by atoms with Gasteiger partial charge in [0, 0.05) is 17.1 Å². The molecule has 2 rings (SSSR count). The van der Waals surface area contributed by atoms with E-state index in [4.69, 9.17) is 28.5 Å². The highest BCUT2D eigenvalue weighted by Gasteiger charge is 2.07. The van der Waals surface area contributed by atoms with Gasteiger partial charge in [-0.2, -0.15) is 5.26 Å². The Morgan fingerprint density at radius 1 is 1.20 bits per heavy atom. The summed E-state index contributed by atoms with van der Waals surface area (Å²) < 4.78 is 0. The molecule has 0 bridgehead atoms. The molecule has 3 nitrogen and oxygen atoms in total. The van der Waals surface area contributed by atoms with E-state index in [1.54, 1.807) is 36.4 Å². The van der Waals surface area contributed by atoms with Crippen LogP contribution in [0, 0.1) is 11.3 Å². The second-order valence-corrected chi connectivity index (χ2v) is 4.77. The molecule has 0 heterocycles. The van der Waals surface area contributed by atoms with Crippen LogP contribution in [-0.4, -0.2) is 5.91 Å². The van der Waals surface area contributed by atoms with E-state index in [1.165, 1.54) is 6.07 Å². The number of rotatable bonds is 3. The molecule has 2 aromatic carbocycles. The molecule has 0 fully saturated rings. The van der Waals surface area contributed by atoms with Crippen LogP contribution in [0.15, 0.2) is 42.5 Å². The molecule has 0 saturated carbocycles. The lowest BCUT2D eigenvalue weighted by Gasteiger charge is -2.06. The van der Waals surface area contributed by atoms with Crippen LogP contribution in [-0.2, 0) is 5.88 Å². The molecule has 0 saturated heterocycles. The van der Waals surface area contributed by atoms with Crippen LogP contribution < -0.4 is 5.32 Å². The number of halogens is 2. The van der Waals surface area contributed by atoms with E-state index in [1.807, 2.05) is 6.07 Å². The lowest BCUT2D eigenvalue weighted by atomic mass is 10.1. The van der Waals surface area contributed by atoms with Crippen molar-refractivity contribution >= 4 is 34.8 Å². The standard InChI is InChI=1S/C15H10Cl2N2O/c16-8-10-1-3-11(4-2-10)15(20)19-13-5-6-14(17)12(7-13)9-18/h1-7H,8H2,(H,19,20). The molecule has 20 heavy (non-hydrogen) atoms. The fraction of sp³-hybridized carbons (Fsp3) is 0.0667. The normalized spacial score (nSPS) is 9.85. The van der Waals surface area contributed by atoms with Gasteiger partial charge < -0.3 is 5.32 Å². The lowest BCUT2D eigenvalue weighted by molar-refractivity contribution is 0.102. The molecule has 0 aliphatic rings. The van der Waals surface area contributed by atoms with Gasteiger partial charge in [-0.25, -0.2) is 0 Å². The van der Waals surface area contributed by atoms with Gasteiger partial charge in [0.05, 0.1) is 10.6 Å². The second kappa shape index (κ2) is 6.42. The predicted molar refractivity (Wildman–Crippen MR) is 80.1 cm³/mol. The highest BCUT2D eigenvalue weighted by atomic mass is 35.5. The fourth-order valence-electron chi connectivity index (χ4n) is 1.64. The zero-order valence-corrected chi connectivity index (χ0v) is 11.9. The van der Waals surface area contributed by atoms with Crippen LogP contribution in [0.2, 0.25) is 5.02 Å². The fourth-order valence-corrected chi connectivity index (χ4v) is 1.98. The Balaban J connectivity index is 2.17. The summed E-state index contributed by atoms with van der Waals surface area (Å²) in [6.07, 6.45) is 0. The second-order valence-electron chi connectivity index (χ2n) is 4.09. The molecule has 1 amide bonds. The van der Waals surface area contributed by atoms with Crippen LogP contribution in [0.3, 0.4) is 0 Å². The average molecular weight is 305 g/mol. The van der Waals surface area contributed by atoms with Crippen molar-refractivity contribution in [2.75, 3.05) is 5.32 Å². The third kappa shape index (κ3) is 3.30. The molecule has 0 aliphatic carbocycles. The first-order valence-electron chi connectivity index (χ1n) is 5.80. The van der Waals surface area contributed by atoms with Gasteiger partial charge >= 0.3 is 0 Å². The van der Waals surface area contributed by atoms with Crippen molar-refractivity contribution in [2.45, 2.75) is 5.88 Å². The van der Waals surface area contributed by atoms with Crippen LogP contribution >= 0.6 is 23.2 Å². The third-order valence-electron chi connectivity index (χ3n) is 2.72. The average Bonchev–Trinajstić information content (AvgIpc) is 2.49. The number of hydrogen-bond donors (Lipinski definition) is 1. The minimum atomic E-state index is -0.252. The molecule has 0 radical (unpaired) electrons. The van der Waals surface area contributed by atoms with E-state index < -0.39 is 0 Å². The molecule has 0 aliphatic heterocycles. The van der Waals surface area contributed by atoms with Crippen LogP contribution in [0.5, 0.6) is 0 Å². The molecule has 1 N–H and O–H groups in total. The summed E-state index contributed by atoms with van der Waals surface area (Å²) >= 11 is 11.5. The Kier molecular flexibility index (Phi) is 4.62. The number of carbonyl (C=O) groups is 1. The van der Waals surface area contributed by atoms with E-state index >= 15 is 0 Å². The maximum atomic E-state index is 12.0. The number of nitriles is 1. The minimum Gasteiger partial charge on any atom is -0.322 e. The Bertz CT molecular complexity index is 675. The zero-order valence-electron chi connectivity index (χ0n) is 10.4. The summed E-state index contributed by atoms with van der Waals surface area (Å²) in [7, 11) is 0. The molecule has 0 aromatic heterocycles. The first-order chi connectivity index (χ1) is 9.63. The van der Waals surface area contributed by atoms with E-state index in [0.29, 0.717) is 27.7 Å². The van der Waals surface area contributed by atoms with Gasteiger partial charge in [-0.05, 0) is 35.9 Å². The number of carbonyl (C=O) groups excluding carboxylic acids is 1. The monoisotopic (exact) mass is 304 g/mol. The number of anilines is 1. The molecule has 5 heteroatoms. The van der Waals surface area contributed by atoms with E-state index in [0.717, 1.165) is 5.56 Å². The SMILES string of the molecule is N#Cc1cc(NC(=O)c2ccc(CCl)cc2)ccc1Cl. The summed E-state index contributed by atoms with van der Waals surface area (Å²) in [6, 6.07) is 13.7. The minimum absolute atomic E-state index is 0.252. The van der Waals surface area contributed by atoms with Crippen LogP contribution in [0.4, 0.5) is 5.69 Å². The summed E-state index contributed by atoms with van der Waals surface area (Å²) in [5, 5.41) is 12.0. The van der Waals surface area contributed by atoms with Crippen molar-refractivity contribution in [3.05, 3.63) is 64.2 Å². The van der Waals surface area contributed by atoms with Gasteiger partial charge in [0.25, 0.3) is 5.91 Å². The maximum absolute atomic E-state index is 12.0. The number of nitrogens with zero attached hydrogens (tertiary/aromatic N) is 1. The van der Waals surface area contributed by atoms with E-state index in [-0.39, 0.29) is 5.91 Å². The van der Waals surface area contributed by atoms with Crippen LogP contribution in [0.25, 0.3) is 0 Å². The maximum Gasteiger partial charge on any atom is 0.255 e. The van der Waals surface area contributed by atoms with Gasteiger partial charge in [-0.3, -0.25) is 4.79 Å². The zero-order chi connectivity index (χ0) is 14.5. The first-order valence-corrected chi connectivity index (χ1v) is 6.71. The highest BCUT2D eigenvalue weighted by molar-refractivity contribution is 6.31. The number of amides is 1. The molecule has 0 atom stereocenters. The topological polar surface area (TPSA) is 52.9 Å². The quantitative estimate of drug-likeness (QED) is 0.864. The summed E-state index contributed by atoms with van der Waals surface area (Å²) in [4.78, 5) is 12.0. The molecule has 0 unspecified atom stereocenters. The Morgan fingerprint density at radius 2 is 1.90 bits per heavy atom. The van der Waals surface area contributed by atoms with Gasteiger partial charge in [-0.1, -0.05) is 23.7 Å². The van der Waals surface area contributed by atoms with Crippen molar-refractivity contribution < 1.29 is 4.79 Å². The number of benzene rings is 2. The number of hydrogen-bond acceptors (Lipinski definition) is 2. The summed E-state index contributed by atoms with van der Waals surface area (Å²) in [6.45, 7) is 0. The molecule has 0 spiro atoms. The van der Waals surface area contributed by atoms with Crippen molar-refractivity contribution in [3.63, 3.8) is 0 Å². The van der Waals surface area contributed by atoms with Gasteiger partial charge in [-0.15, -0.1) is 11.6 Å². The van der Waals surface area contributed by atoms with Gasteiger partial charge in [0.2, 0.25) is 0 Å². The highest BCUT2D eigenvalue weighted by Crippen LogP contribution is 2.20. The van der Waals surface area contributed by atoms with Gasteiger partial charge in [0.1, 0.15) is 6.07 Å². The Hall–Kier alpha value is -2.02. The van der Waals surface area contributed by atoms with Crippen molar-refractivity contribution in [3.8, 4) is 6.07 Å². The Labute approximate surface area is 126 Å². The third-order valence-corrected chi connectivity index (χ3v) is 3.35. The van der Waals surface area contributed by atoms with E-state index in [9.17, 15) is 4.79 Å². The molecular formula is C15H10Cl2N2O. The number of alkyl halides is 1. The van der Waals surface area contributed by atoms with Crippen molar-refractivity contribution in [1.82, 2.24) is 0 Å². The smallest absolute Gasteiger partial charge is 0.255 e. The van der Waals surface area contributed by atoms with Crippen molar-refractivity contribution in [2.24, 2.45) is 0 Å². The number of nitrogens with one attached hydrogen (secondary N) is 1. The summed E-state index contributed by atoms with van der Waals surface area (Å²) in [5.74, 6) is 0.155. The van der Waals surface area contributed by atoms with Gasteiger partial charge in [0.15, 0.2) is 0 Å².